The van der Waals surface area contributed by atoms with Crippen molar-refractivity contribution < 1.29 is 9.53 Å². The molecule has 0 aliphatic heterocycles. The minimum atomic E-state index is -0.490. The summed E-state index contributed by atoms with van der Waals surface area (Å²) in [5, 5.41) is 2.79. The quantitative estimate of drug-likeness (QED) is 0.789. The van der Waals surface area contributed by atoms with Crippen LogP contribution in [0.2, 0.25) is 0 Å². The van der Waals surface area contributed by atoms with Gasteiger partial charge in [-0.2, -0.15) is 0 Å². The summed E-state index contributed by atoms with van der Waals surface area (Å²) >= 11 is 1.65. The number of aliphatic imine (C=N–C) groups is 1. The molecule has 0 bridgehead atoms. The maximum atomic E-state index is 11.7. The second-order valence-corrected chi connectivity index (χ2v) is 7.09. The van der Waals surface area contributed by atoms with E-state index in [1.54, 1.807) is 11.8 Å². The maximum Gasteiger partial charge on any atom is 0.407 e. The number of ether oxygens (including phenoxy) is 1. The number of thioether (sulfide) groups is 1. The molecule has 0 heterocycles. The first-order valence-corrected chi connectivity index (χ1v) is 8.68. The van der Waals surface area contributed by atoms with Crippen molar-refractivity contribution >= 4 is 29.5 Å². The van der Waals surface area contributed by atoms with Crippen LogP contribution in [-0.4, -0.2) is 24.7 Å². The number of alkyl carbamates (subject to hydrolysis) is 1. The van der Waals surface area contributed by atoms with E-state index in [0.29, 0.717) is 6.54 Å². The highest BCUT2D eigenvalue weighted by molar-refractivity contribution is 8.07. The summed E-state index contributed by atoms with van der Waals surface area (Å²) in [6, 6.07) is 6.17. The molecule has 0 spiro atoms. The van der Waals surface area contributed by atoms with Crippen molar-refractivity contribution in [3.05, 3.63) is 40.6 Å². The van der Waals surface area contributed by atoms with Gasteiger partial charge in [0.25, 0.3) is 0 Å². The molecule has 1 aromatic rings. The lowest BCUT2D eigenvalue weighted by Crippen LogP contribution is -2.32. The minimum absolute atomic E-state index is 0.405. The van der Waals surface area contributed by atoms with E-state index in [9.17, 15) is 4.79 Å². The van der Waals surface area contributed by atoms with E-state index in [1.807, 2.05) is 53.0 Å². The lowest BCUT2D eigenvalue weighted by Gasteiger charge is -2.20. The van der Waals surface area contributed by atoms with Crippen molar-refractivity contribution in [3.63, 3.8) is 0 Å². The lowest BCUT2D eigenvalue weighted by molar-refractivity contribution is 0.0523. The van der Waals surface area contributed by atoms with Gasteiger partial charge in [-0.1, -0.05) is 18.2 Å². The van der Waals surface area contributed by atoms with Gasteiger partial charge in [-0.05, 0) is 64.3 Å². The molecule has 0 saturated carbocycles. The number of rotatable bonds is 5. The Balaban J connectivity index is 2.85. The van der Waals surface area contributed by atoms with Gasteiger partial charge in [0.2, 0.25) is 0 Å². The average Bonchev–Trinajstić information content (AvgIpc) is 2.45. The Hall–Kier alpha value is -1.75. The molecule has 1 amide bonds. The molecule has 0 aliphatic rings. The lowest BCUT2D eigenvalue weighted by atomic mass is 10.0. The fourth-order valence-corrected chi connectivity index (χ4v) is 2.79. The summed E-state index contributed by atoms with van der Waals surface area (Å²) in [7, 11) is 0. The normalized spacial score (nSPS) is 12.4. The number of carbonyl (C=O) groups is 1. The maximum absolute atomic E-state index is 11.7. The highest BCUT2D eigenvalue weighted by Crippen LogP contribution is 2.30. The van der Waals surface area contributed by atoms with Crippen molar-refractivity contribution in [1.82, 2.24) is 5.32 Å². The van der Waals surface area contributed by atoms with Gasteiger partial charge < -0.3 is 10.1 Å². The van der Waals surface area contributed by atoms with Crippen LogP contribution in [0.3, 0.4) is 0 Å². The molecule has 0 atom stereocenters. The third-order valence-corrected chi connectivity index (χ3v) is 4.14. The Morgan fingerprint density at radius 1 is 1.39 bits per heavy atom. The van der Waals surface area contributed by atoms with Gasteiger partial charge in [-0.15, -0.1) is 11.8 Å². The van der Waals surface area contributed by atoms with Gasteiger partial charge in [0.05, 0.1) is 5.70 Å². The molecule has 0 unspecified atom stereocenters. The molecule has 126 valence electrons. The zero-order valence-electron chi connectivity index (χ0n) is 14.8. The van der Waals surface area contributed by atoms with Crippen LogP contribution in [0.15, 0.2) is 28.9 Å². The van der Waals surface area contributed by atoms with E-state index in [0.717, 1.165) is 27.3 Å². The number of aryl methyl sites for hydroxylation is 1. The summed E-state index contributed by atoms with van der Waals surface area (Å²) in [4.78, 5) is 16.9. The first kappa shape index (κ1) is 19.3. The van der Waals surface area contributed by atoms with Crippen LogP contribution in [0.4, 0.5) is 4.79 Å². The summed E-state index contributed by atoms with van der Waals surface area (Å²) < 4.78 is 5.24. The number of hydrogen-bond acceptors (Lipinski definition) is 4. The van der Waals surface area contributed by atoms with E-state index in [1.165, 1.54) is 0 Å². The molecular formula is C18H26N2O2S. The third kappa shape index (κ3) is 6.10. The molecule has 0 aliphatic carbocycles. The molecule has 4 nitrogen and oxygen atoms in total. The molecule has 0 radical (unpaired) electrons. The van der Waals surface area contributed by atoms with Crippen LogP contribution in [0, 0.1) is 6.92 Å². The largest absolute Gasteiger partial charge is 0.444 e. The zero-order chi connectivity index (χ0) is 17.6. The summed E-state index contributed by atoms with van der Waals surface area (Å²) in [6.45, 7) is 13.6. The highest BCUT2D eigenvalue weighted by Gasteiger charge is 2.16. The standard InChI is InChI=1S/C18H26N2O2S/c1-12-10-14(16(23-7)13(2)19-6)8-9-15(12)11-20-17(21)22-18(3,4)5/h8-10H,6,11H2,1-5,7H3,(H,20,21)/b16-13-. The third-order valence-electron chi connectivity index (χ3n) is 3.20. The average molecular weight is 334 g/mol. The van der Waals surface area contributed by atoms with Gasteiger partial charge in [0.1, 0.15) is 5.60 Å². The Kier molecular flexibility index (Phi) is 6.88. The van der Waals surface area contributed by atoms with Gasteiger partial charge in [-0.25, -0.2) is 4.79 Å². The Morgan fingerprint density at radius 3 is 2.52 bits per heavy atom. The van der Waals surface area contributed by atoms with Crippen LogP contribution in [0.1, 0.15) is 44.4 Å². The second-order valence-electron chi connectivity index (χ2n) is 6.27. The number of allylic oxidation sites excluding steroid dienone is 1. The van der Waals surface area contributed by atoms with Gasteiger partial charge in [0, 0.05) is 11.4 Å². The molecule has 1 rings (SSSR count). The van der Waals surface area contributed by atoms with Crippen LogP contribution >= 0.6 is 11.8 Å². The molecule has 0 aromatic heterocycles. The topological polar surface area (TPSA) is 50.7 Å². The predicted octanol–water partition coefficient (Wildman–Crippen LogP) is 4.77. The molecule has 23 heavy (non-hydrogen) atoms. The number of nitrogens with one attached hydrogen (secondary N) is 1. The van der Waals surface area contributed by atoms with E-state index >= 15 is 0 Å². The van der Waals surface area contributed by atoms with E-state index in [-0.39, 0.29) is 0 Å². The predicted molar refractivity (Wildman–Crippen MR) is 99.9 cm³/mol. The first-order chi connectivity index (χ1) is 10.7. The van der Waals surface area contributed by atoms with Gasteiger partial charge in [-0.3, -0.25) is 4.99 Å². The van der Waals surface area contributed by atoms with Crippen molar-refractivity contribution in [3.8, 4) is 0 Å². The second kappa shape index (κ2) is 8.20. The van der Waals surface area contributed by atoms with Crippen LogP contribution < -0.4 is 5.32 Å². The SMILES string of the molecule is C=N/C(C)=C(\SC)c1ccc(CNC(=O)OC(C)(C)C)c(C)c1. The number of nitrogens with zero attached hydrogens (tertiary/aromatic N) is 1. The molecule has 1 N–H and O–H groups in total. The Morgan fingerprint density at radius 2 is 2.04 bits per heavy atom. The molecule has 5 heteroatoms. The van der Waals surface area contributed by atoms with Crippen molar-refractivity contribution in [1.29, 1.82) is 0 Å². The summed E-state index contributed by atoms with van der Waals surface area (Å²) in [5.74, 6) is 0. The first-order valence-electron chi connectivity index (χ1n) is 7.46. The zero-order valence-corrected chi connectivity index (χ0v) is 15.6. The summed E-state index contributed by atoms with van der Waals surface area (Å²) in [6.07, 6.45) is 1.62. The highest BCUT2D eigenvalue weighted by atomic mass is 32.2. The number of carbonyl (C=O) groups excluding carboxylic acids is 1. The monoisotopic (exact) mass is 334 g/mol. The van der Waals surface area contributed by atoms with Gasteiger partial charge in [0.15, 0.2) is 0 Å². The van der Waals surface area contributed by atoms with Crippen LogP contribution in [0.5, 0.6) is 0 Å². The smallest absolute Gasteiger partial charge is 0.407 e. The van der Waals surface area contributed by atoms with E-state index in [2.05, 4.69) is 23.1 Å². The number of hydrogen-bond donors (Lipinski definition) is 1. The van der Waals surface area contributed by atoms with Crippen LogP contribution in [0.25, 0.3) is 4.91 Å². The van der Waals surface area contributed by atoms with Gasteiger partial charge >= 0.3 is 6.09 Å². The van der Waals surface area contributed by atoms with Crippen LogP contribution in [-0.2, 0) is 11.3 Å². The fourth-order valence-electron chi connectivity index (χ4n) is 2.06. The molecular weight excluding hydrogens is 308 g/mol. The fraction of sp³-hybridized carbons (Fsp3) is 0.444. The van der Waals surface area contributed by atoms with Crippen molar-refractivity contribution in [2.45, 2.75) is 46.8 Å². The van der Waals surface area contributed by atoms with E-state index in [4.69, 9.17) is 4.74 Å². The number of benzene rings is 1. The van der Waals surface area contributed by atoms with Crippen molar-refractivity contribution in [2.75, 3.05) is 6.26 Å². The van der Waals surface area contributed by atoms with Crippen molar-refractivity contribution in [2.24, 2.45) is 4.99 Å². The molecule has 0 saturated heterocycles. The van der Waals surface area contributed by atoms with E-state index < -0.39 is 11.7 Å². The minimum Gasteiger partial charge on any atom is -0.444 e. The Bertz CT molecular complexity index is 616. The molecule has 1 aromatic carbocycles. The number of amides is 1. The summed E-state index contributed by atoms with van der Waals surface area (Å²) in [5.41, 5.74) is 3.71. The Labute approximate surface area is 143 Å². The molecule has 0 fully saturated rings.